The molecule has 0 unspecified atom stereocenters. The highest BCUT2D eigenvalue weighted by Gasteiger charge is 2.15. The molecule has 130 valence electrons. The monoisotopic (exact) mass is 346 g/mol. The number of rotatable bonds is 5. The Hall–Kier alpha value is -1.66. The van der Waals surface area contributed by atoms with Crippen LogP contribution in [0.25, 0.3) is 0 Å². The second kappa shape index (κ2) is 8.99. The molecule has 0 aromatic heterocycles. The van der Waals surface area contributed by atoms with Gasteiger partial charge >= 0.3 is 0 Å². The summed E-state index contributed by atoms with van der Waals surface area (Å²) in [6.07, 6.45) is 8.25. The molecule has 0 amide bonds. The second-order valence-corrected chi connectivity index (χ2v) is 6.76. The van der Waals surface area contributed by atoms with Gasteiger partial charge in [-0.25, -0.2) is 0 Å². The van der Waals surface area contributed by atoms with Crippen molar-refractivity contribution in [1.29, 1.82) is 0 Å². The molecule has 1 aromatic carbocycles. The first-order valence-corrected chi connectivity index (χ1v) is 9.25. The Morgan fingerprint density at radius 2 is 2.00 bits per heavy atom. The fourth-order valence-electron chi connectivity index (χ4n) is 3.14. The standard InChI is InChI=1S/C18H26N4OS/c24-18(19-14-17-5-4-12-23-17)21-20-13-15-6-8-16(9-7-15)22-10-2-1-3-11-22/h6-9,13,17H,1-5,10-12,14H2,(H2,19,21,24)/b20-13-/t17-/m0/s1. The number of piperidine rings is 1. The number of anilines is 1. The normalized spacial score (nSPS) is 21.2. The average molecular weight is 347 g/mol. The van der Waals surface area contributed by atoms with Gasteiger partial charge in [-0.05, 0) is 62.0 Å². The number of nitrogens with zero attached hydrogens (tertiary/aromatic N) is 2. The van der Waals surface area contributed by atoms with Crippen LogP contribution >= 0.6 is 12.2 Å². The molecule has 0 saturated carbocycles. The number of nitrogens with one attached hydrogen (secondary N) is 2. The van der Waals surface area contributed by atoms with E-state index in [0.29, 0.717) is 5.11 Å². The quantitative estimate of drug-likeness (QED) is 0.488. The Labute approximate surface area is 149 Å². The zero-order chi connectivity index (χ0) is 16.6. The molecule has 2 N–H and O–H groups in total. The Morgan fingerprint density at radius 1 is 1.21 bits per heavy atom. The van der Waals surface area contributed by atoms with Crippen LogP contribution in [0.2, 0.25) is 0 Å². The number of thiocarbonyl (C=S) groups is 1. The van der Waals surface area contributed by atoms with Gasteiger partial charge in [-0.15, -0.1) is 0 Å². The van der Waals surface area contributed by atoms with E-state index in [9.17, 15) is 0 Å². The van der Waals surface area contributed by atoms with Crippen LogP contribution in [0.4, 0.5) is 5.69 Å². The van der Waals surface area contributed by atoms with E-state index in [4.69, 9.17) is 17.0 Å². The number of benzene rings is 1. The zero-order valence-corrected chi connectivity index (χ0v) is 14.9. The molecule has 2 saturated heterocycles. The van der Waals surface area contributed by atoms with Gasteiger partial charge in [-0.2, -0.15) is 5.10 Å². The third kappa shape index (κ3) is 5.18. The van der Waals surface area contributed by atoms with Crippen molar-refractivity contribution < 1.29 is 4.74 Å². The van der Waals surface area contributed by atoms with Gasteiger partial charge in [0.05, 0.1) is 12.3 Å². The lowest BCUT2D eigenvalue weighted by molar-refractivity contribution is 0.114. The molecule has 2 fully saturated rings. The van der Waals surface area contributed by atoms with Crippen LogP contribution in [0.3, 0.4) is 0 Å². The number of hydrogen-bond acceptors (Lipinski definition) is 4. The highest BCUT2D eigenvalue weighted by Crippen LogP contribution is 2.19. The fraction of sp³-hybridized carbons (Fsp3) is 0.556. The summed E-state index contributed by atoms with van der Waals surface area (Å²) in [6.45, 7) is 3.93. The molecule has 5 nitrogen and oxygen atoms in total. The van der Waals surface area contributed by atoms with Crippen molar-refractivity contribution in [3.63, 3.8) is 0 Å². The molecule has 0 spiro atoms. The molecule has 3 rings (SSSR count). The SMILES string of the molecule is S=C(NC[C@@H]1CCCO1)N/N=C\c1ccc(N2CCCCC2)cc1. The molecule has 1 atom stereocenters. The number of hydrazone groups is 1. The fourth-order valence-corrected chi connectivity index (χ4v) is 3.28. The van der Waals surface area contributed by atoms with E-state index in [0.717, 1.165) is 31.6 Å². The Kier molecular flexibility index (Phi) is 6.43. The van der Waals surface area contributed by atoms with Gasteiger partial charge in [0.2, 0.25) is 0 Å². The van der Waals surface area contributed by atoms with E-state index < -0.39 is 0 Å². The third-order valence-electron chi connectivity index (χ3n) is 4.51. The van der Waals surface area contributed by atoms with Crippen molar-refractivity contribution >= 4 is 29.2 Å². The van der Waals surface area contributed by atoms with E-state index >= 15 is 0 Å². The zero-order valence-electron chi connectivity index (χ0n) is 14.0. The molecule has 0 aliphatic carbocycles. The molecular weight excluding hydrogens is 320 g/mol. The van der Waals surface area contributed by atoms with Gasteiger partial charge in [0.1, 0.15) is 0 Å². The minimum Gasteiger partial charge on any atom is -0.376 e. The molecule has 24 heavy (non-hydrogen) atoms. The predicted octanol–water partition coefficient (Wildman–Crippen LogP) is 2.65. The first-order valence-electron chi connectivity index (χ1n) is 8.85. The minimum absolute atomic E-state index is 0.274. The Morgan fingerprint density at radius 3 is 2.71 bits per heavy atom. The number of hydrogen-bond donors (Lipinski definition) is 2. The first-order chi connectivity index (χ1) is 11.8. The second-order valence-electron chi connectivity index (χ2n) is 6.35. The van der Waals surface area contributed by atoms with E-state index in [1.165, 1.54) is 38.0 Å². The lowest BCUT2D eigenvalue weighted by atomic mass is 10.1. The molecule has 2 heterocycles. The van der Waals surface area contributed by atoms with Crippen LogP contribution in [0.5, 0.6) is 0 Å². The van der Waals surface area contributed by atoms with Crippen LogP contribution in [0.15, 0.2) is 29.4 Å². The van der Waals surface area contributed by atoms with Gasteiger partial charge in [-0.3, -0.25) is 5.43 Å². The van der Waals surface area contributed by atoms with Crippen molar-refractivity contribution in [3.8, 4) is 0 Å². The van der Waals surface area contributed by atoms with Crippen molar-refractivity contribution in [1.82, 2.24) is 10.7 Å². The maximum atomic E-state index is 5.55. The summed E-state index contributed by atoms with van der Waals surface area (Å²) in [7, 11) is 0. The summed E-state index contributed by atoms with van der Waals surface area (Å²) in [5.74, 6) is 0. The van der Waals surface area contributed by atoms with Gasteiger partial charge in [0.15, 0.2) is 5.11 Å². The molecule has 0 radical (unpaired) electrons. The van der Waals surface area contributed by atoms with Crippen LogP contribution < -0.4 is 15.6 Å². The van der Waals surface area contributed by atoms with Crippen molar-refractivity contribution in [2.75, 3.05) is 31.1 Å². The van der Waals surface area contributed by atoms with Gasteiger partial charge in [0, 0.05) is 31.9 Å². The van der Waals surface area contributed by atoms with Gasteiger partial charge < -0.3 is 15.0 Å². The summed E-state index contributed by atoms with van der Waals surface area (Å²) in [6, 6.07) is 8.53. The van der Waals surface area contributed by atoms with E-state index in [2.05, 4.69) is 45.0 Å². The highest BCUT2D eigenvalue weighted by atomic mass is 32.1. The topological polar surface area (TPSA) is 48.9 Å². The molecule has 1 aromatic rings. The highest BCUT2D eigenvalue weighted by molar-refractivity contribution is 7.80. The smallest absolute Gasteiger partial charge is 0.187 e. The van der Waals surface area contributed by atoms with Crippen molar-refractivity contribution in [2.45, 2.75) is 38.2 Å². The van der Waals surface area contributed by atoms with Crippen LogP contribution in [-0.2, 0) is 4.74 Å². The predicted molar refractivity (Wildman–Crippen MR) is 103 cm³/mol. The summed E-state index contributed by atoms with van der Waals surface area (Å²) >= 11 is 5.21. The van der Waals surface area contributed by atoms with Gasteiger partial charge in [-0.1, -0.05) is 12.1 Å². The Bertz CT molecular complexity index is 549. The van der Waals surface area contributed by atoms with Crippen molar-refractivity contribution in [2.24, 2.45) is 5.10 Å². The summed E-state index contributed by atoms with van der Waals surface area (Å²) < 4.78 is 5.55. The summed E-state index contributed by atoms with van der Waals surface area (Å²) in [5.41, 5.74) is 5.22. The third-order valence-corrected chi connectivity index (χ3v) is 4.74. The molecule has 6 heteroatoms. The molecule has 2 aliphatic rings. The lowest BCUT2D eigenvalue weighted by Crippen LogP contribution is -2.37. The average Bonchev–Trinajstić information content (AvgIpc) is 3.15. The number of ether oxygens (including phenoxy) is 1. The van der Waals surface area contributed by atoms with Crippen LogP contribution in [0, 0.1) is 0 Å². The van der Waals surface area contributed by atoms with Crippen molar-refractivity contribution in [3.05, 3.63) is 29.8 Å². The molecular formula is C18H26N4OS. The lowest BCUT2D eigenvalue weighted by Gasteiger charge is -2.28. The minimum atomic E-state index is 0.274. The van der Waals surface area contributed by atoms with E-state index in [-0.39, 0.29) is 6.10 Å². The van der Waals surface area contributed by atoms with Crippen LogP contribution in [0.1, 0.15) is 37.7 Å². The van der Waals surface area contributed by atoms with E-state index in [1.54, 1.807) is 6.21 Å². The maximum Gasteiger partial charge on any atom is 0.187 e. The van der Waals surface area contributed by atoms with Crippen LogP contribution in [-0.4, -0.2) is 43.7 Å². The Balaban J connectivity index is 1.41. The maximum absolute atomic E-state index is 5.55. The molecule has 2 aliphatic heterocycles. The largest absolute Gasteiger partial charge is 0.376 e. The summed E-state index contributed by atoms with van der Waals surface area (Å²) in [5, 5.41) is 7.87. The van der Waals surface area contributed by atoms with E-state index in [1.807, 2.05) is 0 Å². The van der Waals surface area contributed by atoms with Gasteiger partial charge in [0.25, 0.3) is 0 Å². The molecule has 0 bridgehead atoms. The summed E-state index contributed by atoms with van der Waals surface area (Å²) in [4.78, 5) is 2.45. The first kappa shape index (κ1) is 17.2.